The van der Waals surface area contributed by atoms with Gasteiger partial charge in [-0.05, 0) is 25.5 Å². The van der Waals surface area contributed by atoms with Gasteiger partial charge >= 0.3 is 5.69 Å². The number of H-pyrrole nitrogens is 2. The van der Waals surface area contributed by atoms with Gasteiger partial charge in [0, 0.05) is 0 Å². The minimum absolute atomic E-state index is 0.143. The molecule has 0 spiro atoms. The van der Waals surface area contributed by atoms with Gasteiger partial charge in [-0.25, -0.2) is 4.79 Å². The second-order valence-corrected chi connectivity index (χ2v) is 5.68. The first-order valence-corrected chi connectivity index (χ1v) is 7.48. The number of para-hydroxylation sites is 1. The van der Waals surface area contributed by atoms with Crippen LogP contribution in [-0.4, -0.2) is 28.5 Å². The number of aryl methyl sites for hydroxylation is 1. The molecule has 0 saturated carbocycles. The van der Waals surface area contributed by atoms with E-state index >= 15 is 0 Å². The maximum absolute atomic E-state index is 12.1. The summed E-state index contributed by atoms with van der Waals surface area (Å²) in [6, 6.07) is 4.94. The second-order valence-electron chi connectivity index (χ2n) is 5.27. The molecule has 0 aliphatic heterocycles. The van der Waals surface area contributed by atoms with Crippen molar-refractivity contribution >= 4 is 23.2 Å². The largest absolute Gasteiger partial charge is 0.490 e. The summed E-state index contributed by atoms with van der Waals surface area (Å²) >= 11 is 6.06. The van der Waals surface area contributed by atoms with Crippen molar-refractivity contribution in [1.82, 2.24) is 15.3 Å². The van der Waals surface area contributed by atoms with E-state index in [0.29, 0.717) is 10.8 Å². The van der Waals surface area contributed by atoms with Crippen LogP contribution in [0.25, 0.3) is 0 Å². The van der Waals surface area contributed by atoms with Gasteiger partial charge < -0.3 is 20.8 Å². The van der Waals surface area contributed by atoms with Gasteiger partial charge in [0.25, 0.3) is 11.5 Å². The molecule has 0 fully saturated rings. The number of ether oxygens (including phenoxy) is 1. The monoisotopic (exact) mass is 352 g/mol. The summed E-state index contributed by atoms with van der Waals surface area (Å²) in [4.78, 5) is 38.9. The second kappa shape index (κ2) is 7.22. The summed E-state index contributed by atoms with van der Waals surface area (Å²) in [5.74, 6) is -0.146. The summed E-state index contributed by atoms with van der Waals surface area (Å²) in [7, 11) is 0. The number of amides is 1. The van der Waals surface area contributed by atoms with Crippen LogP contribution in [0, 0.1) is 6.92 Å². The number of aromatic nitrogens is 2. The molecule has 2 rings (SSSR count). The number of halogens is 1. The van der Waals surface area contributed by atoms with E-state index in [0.717, 1.165) is 5.56 Å². The lowest BCUT2D eigenvalue weighted by atomic mass is 10.2. The number of anilines is 1. The van der Waals surface area contributed by atoms with Gasteiger partial charge in [-0.15, -0.1) is 0 Å². The fraction of sp³-hybridized carbons (Fsp3) is 0.267. The molecule has 128 valence electrons. The van der Waals surface area contributed by atoms with Gasteiger partial charge in [-0.2, -0.15) is 0 Å². The lowest BCUT2D eigenvalue weighted by Gasteiger charge is -2.17. The fourth-order valence-corrected chi connectivity index (χ4v) is 2.30. The van der Waals surface area contributed by atoms with Gasteiger partial charge in [-0.3, -0.25) is 14.6 Å². The van der Waals surface area contributed by atoms with Crippen molar-refractivity contribution in [2.24, 2.45) is 0 Å². The third-order valence-corrected chi connectivity index (χ3v) is 3.52. The standard InChI is InChI=1S/C15H17ClN4O4/c1-7-4-3-5-9(16)12(7)24-6-8(2)18-14(22)11-10(17)13(21)20-15(23)19-11/h3-5,8H,6,17H2,1-2H3,(H,18,22)(H2,19,20,21,23)/t8-/m1/s1. The van der Waals surface area contributed by atoms with Gasteiger partial charge in [0.2, 0.25) is 0 Å². The van der Waals surface area contributed by atoms with Gasteiger partial charge in [0.15, 0.2) is 0 Å². The minimum Gasteiger partial charge on any atom is -0.490 e. The molecule has 8 nitrogen and oxygen atoms in total. The molecular formula is C15H17ClN4O4. The number of nitrogen functional groups attached to an aromatic ring is 1. The number of benzene rings is 1. The van der Waals surface area contributed by atoms with Crippen LogP contribution in [0.3, 0.4) is 0 Å². The van der Waals surface area contributed by atoms with Gasteiger partial charge in [0.1, 0.15) is 23.7 Å². The number of aromatic amines is 2. The number of hydrogen-bond acceptors (Lipinski definition) is 5. The van der Waals surface area contributed by atoms with Crippen LogP contribution in [0.2, 0.25) is 5.02 Å². The number of nitrogens with one attached hydrogen (secondary N) is 3. The Morgan fingerprint density at radius 2 is 2.08 bits per heavy atom. The number of nitrogens with two attached hydrogens (primary N) is 1. The molecule has 0 bridgehead atoms. The molecular weight excluding hydrogens is 336 g/mol. The first-order chi connectivity index (χ1) is 11.3. The van der Waals surface area contributed by atoms with Crippen molar-refractivity contribution in [3.63, 3.8) is 0 Å². The number of carbonyl (C=O) groups excluding carboxylic acids is 1. The molecule has 0 aliphatic rings. The Morgan fingerprint density at radius 3 is 2.75 bits per heavy atom. The Balaban J connectivity index is 2.05. The predicted octanol–water partition coefficient (Wildman–Crippen LogP) is 0.805. The fourth-order valence-electron chi connectivity index (χ4n) is 2.02. The van der Waals surface area contributed by atoms with Crippen LogP contribution in [-0.2, 0) is 0 Å². The van der Waals surface area contributed by atoms with Crippen LogP contribution < -0.4 is 27.0 Å². The van der Waals surface area contributed by atoms with Crippen molar-refractivity contribution in [1.29, 1.82) is 0 Å². The minimum atomic E-state index is -0.820. The predicted molar refractivity (Wildman–Crippen MR) is 90.7 cm³/mol. The average molecular weight is 353 g/mol. The molecule has 2 aromatic rings. The normalized spacial score (nSPS) is 11.8. The van der Waals surface area contributed by atoms with Crippen molar-refractivity contribution in [3.8, 4) is 5.75 Å². The van der Waals surface area contributed by atoms with E-state index in [4.69, 9.17) is 22.1 Å². The third-order valence-electron chi connectivity index (χ3n) is 3.23. The first kappa shape index (κ1) is 17.6. The molecule has 1 atom stereocenters. The van der Waals surface area contributed by atoms with E-state index in [2.05, 4.69) is 10.3 Å². The van der Waals surface area contributed by atoms with E-state index in [1.807, 2.05) is 24.0 Å². The van der Waals surface area contributed by atoms with Crippen molar-refractivity contribution in [2.45, 2.75) is 19.9 Å². The maximum atomic E-state index is 12.1. The maximum Gasteiger partial charge on any atom is 0.326 e. The molecule has 1 aromatic heterocycles. The van der Waals surface area contributed by atoms with Crippen molar-refractivity contribution in [2.75, 3.05) is 12.3 Å². The zero-order valence-corrected chi connectivity index (χ0v) is 13.9. The lowest BCUT2D eigenvalue weighted by Crippen LogP contribution is -2.40. The molecule has 9 heteroatoms. The summed E-state index contributed by atoms with van der Waals surface area (Å²) < 4.78 is 5.63. The highest BCUT2D eigenvalue weighted by Crippen LogP contribution is 2.27. The Morgan fingerprint density at radius 1 is 1.38 bits per heavy atom. The van der Waals surface area contributed by atoms with E-state index in [9.17, 15) is 14.4 Å². The molecule has 1 aromatic carbocycles. The topological polar surface area (TPSA) is 130 Å². The van der Waals surface area contributed by atoms with E-state index in [-0.39, 0.29) is 18.0 Å². The summed E-state index contributed by atoms with van der Waals surface area (Å²) in [5.41, 5.74) is 4.10. The van der Waals surface area contributed by atoms with Crippen LogP contribution in [0.5, 0.6) is 5.75 Å². The Labute approximate surface area is 142 Å². The zero-order chi connectivity index (χ0) is 17.9. The van der Waals surface area contributed by atoms with Crippen LogP contribution in [0.1, 0.15) is 23.0 Å². The Hall–Kier alpha value is -2.74. The van der Waals surface area contributed by atoms with E-state index < -0.39 is 23.2 Å². The number of hydrogen-bond donors (Lipinski definition) is 4. The van der Waals surface area contributed by atoms with Crippen molar-refractivity contribution < 1.29 is 9.53 Å². The summed E-state index contributed by atoms with van der Waals surface area (Å²) in [6.45, 7) is 3.70. The SMILES string of the molecule is Cc1cccc(Cl)c1OC[C@@H](C)NC(=O)c1[nH]c(=O)[nH]c(=O)c1N. The molecule has 1 amide bonds. The zero-order valence-electron chi connectivity index (χ0n) is 13.1. The Kier molecular flexibility index (Phi) is 5.30. The smallest absolute Gasteiger partial charge is 0.326 e. The quantitative estimate of drug-likeness (QED) is 0.632. The van der Waals surface area contributed by atoms with Crippen molar-refractivity contribution in [3.05, 3.63) is 55.3 Å². The highest BCUT2D eigenvalue weighted by Gasteiger charge is 2.17. The molecule has 0 radical (unpaired) electrons. The highest BCUT2D eigenvalue weighted by molar-refractivity contribution is 6.32. The van der Waals surface area contributed by atoms with Gasteiger partial charge in [0.05, 0.1) is 11.1 Å². The first-order valence-electron chi connectivity index (χ1n) is 7.10. The molecule has 0 aliphatic carbocycles. The van der Waals surface area contributed by atoms with E-state index in [1.165, 1.54) is 0 Å². The van der Waals surface area contributed by atoms with Gasteiger partial charge in [-0.1, -0.05) is 23.7 Å². The average Bonchev–Trinajstić information content (AvgIpc) is 2.50. The van der Waals surface area contributed by atoms with Crippen LogP contribution in [0.4, 0.5) is 5.69 Å². The number of rotatable bonds is 5. The van der Waals surface area contributed by atoms with E-state index in [1.54, 1.807) is 13.0 Å². The highest BCUT2D eigenvalue weighted by atomic mass is 35.5. The Bertz CT molecular complexity index is 854. The lowest BCUT2D eigenvalue weighted by molar-refractivity contribution is 0.0922. The summed E-state index contributed by atoms with van der Waals surface area (Å²) in [5, 5.41) is 3.06. The molecule has 1 heterocycles. The van der Waals surface area contributed by atoms with Crippen LogP contribution in [0.15, 0.2) is 27.8 Å². The molecule has 0 unspecified atom stereocenters. The third kappa shape index (κ3) is 3.96. The molecule has 5 N–H and O–H groups in total. The van der Waals surface area contributed by atoms with Crippen LogP contribution >= 0.6 is 11.6 Å². The summed E-state index contributed by atoms with van der Waals surface area (Å²) in [6.07, 6.45) is 0. The molecule has 24 heavy (non-hydrogen) atoms. The molecule has 0 saturated heterocycles. The number of carbonyl (C=O) groups is 1.